The van der Waals surface area contributed by atoms with E-state index < -0.39 is 138 Å². The largest absolute Gasteiger partial charge is 0.465 e. The number of carbonyl (C=O) groups is 8. The molecule has 4 bridgehead atoms. The normalized spacial score (nSPS) is 38.2. The van der Waals surface area contributed by atoms with Crippen LogP contribution in [0.3, 0.4) is 0 Å². The molecule has 57 heavy (non-hydrogen) atoms. The van der Waals surface area contributed by atoms with E-state index in [0.29, 0.717) is 5.56 Å². The van der Waals surface area contributed by atoms with E-state index in [1.807, 2.05) is 0 Å². The quantitative estimate of drug-likeness (QED) is 0.298. The molecule has 13 atom stereocenters. The van der Waals surface area contributed by atoms with Gasteiger partial charge in [-0.3, -0.25) is 38.5 Å². The fourth-order valence-electron chi connectivity index (χ4n) is 9.30. The van der Waals surface area contributed by atoms with Crippen LogP contribution in [0.5, 0.6) is 0 Å². The number of esters is 8. The summed E-state index contributed by atoms with van der Waals surface area (Å²) in [6.45, 7) is 9.73. The summed E-state index contributed by atoms with van der Waals surface area (Å²) in [4.78, 5) is 111. The Kier molecular flexibility index (Phi) is 11.5. The lowest BCUT2D eigenvalue weighted by molar-refractivity contribution is -0.387. The number of ether oxygens (including phenoxy) is 9. The molecule has 0 radical (unpaired) electrons. The molecule has 2 aliphatic heterocycles. The number of nitrogens with zero attached hydrogens (tertiary/aromatic N) is 1. The molecule has 4 aliphatic rings. The number of aliphatic hydroxyl groups is 1. The lowest BCUT2D eigenvalue weighted by atomic mass is 9.45. The fourth-order valence-corrected chi connectivity index (χ4v) is 9.30. The van der Waals surface area contributed by atoms with E-state index in [4.69, 9.17) is 42.6 Å². The minimum absolute atomic E-state index is 0.0422. The minimum atomic E-state index is -2.81. The van der Waals surface area contributed by atoms with E-state index in [2.05, 4.69) is 4.98 Å². The predicted molar refractivity (Wildman–Crippen MR) is 185 cm³/mol. The SMILES string of the molecule is CC(=O)OC[C@]12[C@H](OC(C)=O)[C@H](OC(C)=O)[C@@H]3[C@@H](OC(C)=O)[C@@]14O[C@@]3(C)COC(=O)c1cnccc1[C@@H](C)[C@H](C)C(=O)O[C@@H]([C@H](OC(C)=O)[C@@H]2OC(C)=O)[C@]4(C)O. The van der Waals surface area contributed by atoms with Gasteiger partial charge in [-0.05, 0) is 31.4 Å². The number of hydrogen-bond acceptors (Lipinski definition) is 19. The number of fused-ring (bicyclic) bond motifs is 5. The first-order valence-electron chi connectivity index (χ1n) is 18.2. The van der Waals surface area contributed by atoms with E-state index in [1.54, 1.807) is 6.92 Å². The van der Waals surface area contributed by atoms with Crippen LogP contribution in [-0.4, -0.2) is 124 Å². The van der Waals surface area contributed by atoms with Crippen molar-refractivity contribution in [3.63, 3.8) is 0 Å². The Labute approximate surface area is 327 Å². The van der Waals surface area contributed by atoms with Gasteiger partial charge in [-0.15, -0.1) is 0 Å². The van der Waals surface area contributed by atoms with Gasteiger partial charge in [0.2, 0.25) is 0 Å². The first-order chi connectivity index (χ1) is 26.5. The van der Waals surface area contributed by atoms with Crippen molar-refractivity contribution in [2.75, 3.05) is 13.2 Å². The standard InChI is InChI=1S/C38H47NO18/c1-16-17(2)33(46)56-30-28(52-20(5)42)32(55-23(8)45)37(15-49-18(3)40)31(54-22(7)44)27(51-19(4)41)26-29(53-21(6)43)38(37,36(30,10)48)57-35(26,9)14-50-34(47)25-13-39-12-11-24(16)25/h11-13,16-17,26-32,48H,14-15H2,1-10H3/t16-,17-,26+,27+,28-,29+,30-,31+,32-,35-,36-,37+,38-/m0/s1. The van der Waals surface area contributed by atoms with Gasteiger partial charge in [-0.1, -0.05) is 13.8 Å². The van der Waals surface area contributed by atoms with E-state index >= 15 is 0 Å². The Morgan fingerprint density at radius 1 is 0.772 bits per heavy atom. The van der Waals surface area contributed by atoms with Gasteiger partial charge in [-0.25, -0.2) is 4.79 Å². The van der Waals surface area contributed by atoms with Crippen molar-refractivity contribution in [2.45, 2.75) is 129 Å². The fraction of sp³-hybridized carbons (Fsp3) is 0.658. The second kappa shape index (κ2) is 15.3. The zero-order valence-electron chi connectivity index (χ0n) is 33.2. The average Bonchev–Trinajstić information content (AvgIpc) is 3.32. The molecule has 1 spiro atoms. The van der Waals surface area contributed by atoms with Crippen LogP contribution in [0.1, 0.15) is 91.1 Å². The van der Waals surface area contributed by atoms with Crippen LogP contribution in [0.15, 0.2) is 18.5 Å². The van der Waals surface area contributed by atoms with Gasteiger partial charge < -0.3 is 47.7 Å². The molecule has 5 rings (SSSR count). The maximum atomic E-state index is 14.4. The Bertz CT molecular complexity index is 1860. The number of hydrogen-bond donors (Lipinski definition) is 1. The van der Waals surface area contributed by atoms with Gasteiger partial charge in [-0.2, -0.15) is 0 Å². The second-order valence-corrected chi connectivity index (χ2v) is 15.4. The molecular formula is C38H47NO18. The Balaban J connectivity index is 2.01. The molecule has 2 saturated carbocycles. The van der Waals surface area contributed by atoms with Crippen LogP contribution in [-0.2, 0) is 76.2 Å². The number of aromatic nitrogens is 1. The Morgan fingerprint density at radius 3 is 1.84 bits per heavy atom. The molecule has 19 heteroatoms. The van der Waals surface area contributed by atoms with Crippen molar-refractivity contribution in [2.24, 2.45) is 17.3 Å². The third kappa shape index (κ3) is 6.97. The van der Waals surface area contributed by atoms with E-state index in [0.717, 1.165) is 48.5 Å². The van der Waals surface area contributed by atoms with Crippen LogP contribution in [0.4, 0.5) is 0 Å². The Hall–Kier alpha value is -5.17. The highest BCUT2D eigenvalue weighted by atomic mass is 16.7. The van der Waals surface area contributed by atoms with Gasteiger partial charge in [0.15, 0.2) is 30.0 Å². The monoisotopic (exact) mass is 805 g/mol. The smallest absolute Gasteiger partial charge is 0.340 e. The molecule has 1 aromatic heterocycles. The third-order valence-electron chi connectivity index (χ3n) is 11.5. The molecule has 2 aliphatic carbocycles. The molecule has 0 unspecified atom stereocenters. The zero-order chi connectivity index (χ0) is 42.6. The molecule has 19 nitrogen and oxygen atoms in total. The van der Waals surface area contributed by atoms with Crippen molar-refractivity contribution in [3.05, 3.63) is 29.6 Å². The van der Waals surface area contributed by atoms with E-state index in [1.165, 1.54) is 32.3 Å². The maximum Gasteiger partial charge on any atom is 0.340 e. The van der Waals surface area contributed by atoms with Crippen molar-refractivity contribution in [3.8, 4) is 0 Å². The summed E-state index contributed by atoms with van der Waals surface area (Å²) in [6, 6.07) is 1.50. The summed E-state index contributed by atoms with van der Waals surface area (Å²) in [6.07, 6.45) is -9.28. The molecule has 0 amide bonds. The lowest BCUT2D eigenvalue weighted by Crippen LogP contribution is -2.89. The van der Waals surface area contributed by atoms with Gasteiger partial charge in [0.05, 0.1) is 17.4 Å². The minimum Gasteiger partial charge on any atom is -0.465 e. The van der Waals surface area contributed by atoms with Crippen molar-refractivity contribution in [1.29, 1.82) is 0 Å². The molecule has 312 valence electrons. The Morgan fingerprint density at radius 2 is 1.30 bits per heavy atom. The highest BCUT2D eigenvalue weighted by molar-refractivity contribution is 5.91. The highest BCUT2D eigenvalue weighted by Gasteiger charge is 2.92. The zero-order valence-corrected chi connectivity index (χ0v) is 33.2. The van der Waals surface area contributed by atoms with Crippen LogP contribution in [0.2, 0.25) is 0 Å². The lowest BCUT2D eigenvalue weighted by Gasteiger charge is -2.67. The molecule has 3 fully saturated rings. The summed E-state index contributed by atoms with van der Waals surface area (Å²) < 4.78 is 54.3. The predicted octanol–water partition coefficient (Wildman–Crippen LogP) is 1.03. The first-order valence-corrected chi connectivity index (χ1v) is 18.2. The van der Waals surface area contributed by atoms with Crippen molar-refractivity contribution < 1.29 is 86.1 Å². The first kappa shape index (κ1) is 43.0. The summed E-state index contributed by atoms with van der Waals surface area (Å²) in [5.74, 6) is -11.5. The topological polar surface area (TPSA) is 253 Å². The van der Waals surface area contributed by atoms with Gasteiger partial charge in [0, 0.05) is 53.9 Å². The number of cyclic esters (lactones) is 1. The van der Waals surface area contributed by atoms with E-state index in [9.17, 15) is 43.5 Å². The summed E-state index contributed by atoms with van der Waals surface area (Å²) in [5.41, 5.74) is -9.91. The van der Waals surface area contributed by atoms with Gasteiger partial charge >= 0.3 is 47.8 Å². The maximum absolute atomic E-state index is 14.4. The van der Waals surface area contributed by atoms with Crippen LogP contribution < -0.4 is 0 Å². The van der Waals surface area contributed by atoms with Gasteiger partial charge in [0.1, 0.15) is 42.0 Å². The molecule has 0 aromatic carbocycles. The molecular weight excluding hydrogens is 758 g/mol. The third-order valence-corrected chi connectivity index (χ3v) is 11.5. The summed E-state index contributed by atoms with van der Waals surface area (Å²) in [7, 11) is 0. The van der Waals surface area contributed by atoms with Crippen molar-refractivity contribution >= 4 is 47.8 Å². The van der Waals surface area contributed by atoms with E-state index in [-0.39, 0.29) is 5.56 Å². The second-order valence-electron chi connectivity index (χ2n) is 15.4. The molecule has 1 N–H and O–H groups in total. The molecule has 1 saturated heterocycles. The van der Waals surface area contributed by atoms with Crippen LogP contribution in [0.25, 0.3) is 0 Å². The van der Waals surface area contributed by atoms with Crippen LogP contribution in [0, 0.1) is 17.3 Å². The molecule has 3 heterocycles. The number of carbonyl (C=O) groups excluding carboxylic acids is 8. The summed E-state index contributed by atoms with van der Waals surface area (Å²) in [5, 5.41) is 13.4. The molecule has 1 aromatic rings. The van der Waals surface area contributed by atoms with Crippen molar-refractivity contribution in [1.82, 2.24) is 4.98 Å². The van der Waals surface area contributed by atoms with Gasteiger partial charge in [0.25, 0.3) is 0 Å². The highest BCUT2D eigenvalue weighted by Crippen LogP contribution is 2.70. The number of rotatable bonds is 7. The van der Waals surface area contributed by atoms with Crippen LogP contribution >= 0.6 is 0 Å². The number of pyridine rings is 1. The summed E-state index contributed by atoms with van der Waals surface area (Å²) >= 11 is 0. The average molecular weight is 806 g/mol.